The molecule has 0 aliphatic carbocycles. The number of hydrogen-bond acceptors (Lipinski definition) is 3. The highest BCUT2D eigenvalue weighted by molar-refractivity contribution is 7.99. The Bertz CT molecular complexity index is 540. The molecule has 0 amide bonds. The van der Waals surface area contributed by atoms with Crippen molar-refractivity contribution in [2.75, 3.05) is 0 Å². The summed E-state index contributed by atoms with van der Waals surface area (Å²) in [7, 11) is 0. The third kappa shape index (κ3) is 2.85. The zero-order valence-electron chi connectivity index (χ0n) is 9.25. The van der Waals surface area contributed by atoms with E-state index in [1.54, 1.807) is 6.07 Å². The Morgan fingerprint density at radius 2 is 2.00 bits per heavy atom. The number of aromatic carboxylic acids is 1. The van der Waals surface area contributed by atoms with Crippen molar-refractivity contribution in [2.45, 2.75) is 16.8 Å². The monoisotopic (exact) mass is 245 g/mol. The van der Waals surface area contributed by atoms with Crippen LogP contribution < -0.4 is 0 Å². The van der Waals surface area contributed by atoms with Gasteiger partial charge in [0, 0.05) is 11.1 Å². The van der Waals surface area contributed by atoms with Crippen molar-refractivity contribution in [3.05, 3.63) is 53.7 Å². The van der Waals surface area contributed by atoms with Gasteiger partial charge in [0.05, 0.1) is 5.56 Å². The van der Waals surface area contributed by atoms with Gasteiger partial charge in [-0.05, 0) is 30.7 Å². The molecule has 0 unspecified atom stereocenters. The summed E-state index contributed by atoms with van der Waals surface area (Å²) >= 11 is 1.53. The van der Waals surface area contributed by atoms with E-state index < -0.39 is 5.97 Å². The second kappa shape index (κ2) is 5.01. The minimum absolute atomic E-state index is 0.222. The molecule has 0 fully saturated rings. The van der Waals surface area contributed by atoms with Gasteiger partial charge in [-0.1, -0.05) is 30.0 Å². The van der Waals surface area contributed by atoms with E-state index in [1.807, 2.05) is 37.3 Å². The third-order valence-electron chi connectivity index (χ3n) is 2.23. The average molecular weight is 245 g/mol. The van der Waals surface area contributed by atoms with Gasteiger partial charge in [-0.2, -0.15) is 0 Å². The minimum atomic E-state index is -0.947. The second-order valence-electron chi connectivity index (χ2n) is 3.57. The minimum Gasteiger partial charge on any atom is -0.478 e. The van der Waals surface area contributed by atoms with Gasteiger partial charge in [0.15, 0.2) is 0 Å². The average Bonchev–Trinajstić information content (AvgIpc) is 2.33. The van der Waals surface area contributed by atoms with Crippen LogP contribution in [-0.4, -0.2) is 16.1 Å². The lowest BCUT2D eigenvalue weighted by Crippen LogP contribution is -1.98. The fraction of sp³-hybridized carbons (Fsp3) is 0.0769. The van der Waals surface area contributed by atoms with Crippen LogP contribution in [0, 0.1) is 6.92 Å². The Morgan fingerprint density at radius 1 is 1.29 bits per heavy atom. The number of rotatable bonds is 3. The van der Waals surface area contributed by atoms with Gasteiger partial charge in [-0.25, -0.2) is 9.78 Å². The third-order valence-corrected chi connectivity index (χ3v) is 3.36. The molecule has 4 heteroatoms. The molecule has 0 radical (unpaired) electrons. The quantitative estimate of drug-likeness (QED) is 0.901. The number of aromatic nitrogens is 1. The van der Waals surface area contributed by atoms with E-state index >= 15 is 0 Å². The molecule has 17 heavy (non-hydrogen) atoms. The predicted molar refractivity (Wildman–Crippen MR) is 66.5 cm³/mol. The number of benzene rings is 1. The lowest BCUT2D eigenvalue weighted by Gasteiger charge is -2.05. The zero-order valence-corrected chi connectivity index (χ0v) is 10.1. The van der Waals surface area contributed by atoms with Crippen molar-refractivity contribution < 1.29 is 9.90 Å². The Labute approximate surface area is 104 Å². The van der Waals surface area contributed by atoms with Crippen LogP contribution in [0.4, 0.5) is 0 Å². The maximum atomic E-state index is 10.8. The first-order chi connectivity index (χ1) is 8.16. The van der Waals surface area contributed by atoms with Crippen molar-refractivity contribution in [1.82, 2.24) is 4.98 Å². The molecule has 0 saturated heterocycles. The van der Waals surface area contributed by atoms with Gasteiger partial charge in [-0.3, -0.25) is 0 Å². The highest BCUT2D eigenvalue weighted by Gasteiger charge is 2.07. The van der Waals surface area contributed by atoms with Crippen LogP contribution in [0.25, 0.3) is 0 Å². The normalized spacial score (nSPS) is 10.2. The Kier molecular flexibility index (Phi) is 3.44. The van der Waals surface area contributed by atoms with E-state index in [0.29, 0.717) is 0 Å². The van der Waals surface area contributed by atoms with Crippen LogP contribution >= 0.6 is 11.8 Å². The lowest BCUT2D eigenvalue weighted by molar-refractivity contribution is 0.0696. The summed E-state index contributed by atoms with van der Waals surface area (Å²) in [6.45, 7) is 1.87. The first kappa shape index (κ1) is 11.7. The highest BCUT2D eigenvalue weighted by atomic mass is 32.2. The van der Waals surface area contributed by atoms with Crippen molar-refractivity contribution in [2.24, 2.45) is 0 Å². The molecule has 0 atom stereocenters. The maximum Gasteiger partial charge on any atom is 0.337 e. The number of pyridine rings is 1. The molecule has 1 aromatic heterocycles. The Hall–Kier alpha value is -1.81. The van der Waals surface area contributed by atoms with Gasteiger partial charge < -0.3 is 5.11 Å². The van der Waals surface area contributed by atoms with Crippen molar-refractivity contribution >= 4 is 17.7 Å². The molecule has 0 saturated carbocycles. The second-order valence-corrected chi connectivity index (χ2v) is 4.63. The van der Waals surface area contributed by atoms with Gasteiger partial charge in [0.1, 0.15) is 5.03 Å². The summed E-state index contributed by atoms with van der Waals surface area (Å²) in [5, 5.41) is 9.68. The smallest absolute Gasteiger partial charge is 0.337 e. The summed E-state index contributed by atoms with van der Waals surface area (Å²) in [5.74, 6) is -0.947. The molecule has 86 valence electrons. The predicted octanol–water partition coefficient (Wildman–Crippen LogP) is 3.24. The zero-order chi connectivity index (χ0) is 12.3. The van der Waals surface area contributed by atoms with Crippen LogP contribution in [-0.2, 0) is 0 Å². The summed E-state index contributed by atoms with van der Waals surface area (Å²) in [6.07, 6.45) is 1.39. The van der Waals surface area contributed by atoms with Crippen LogP contribution in [0.1, 0.15) is 15.9 Å². The number of hydrogen-bond donors (Lipinski definition) is 1. The molecule has 0 aliphatic heterocycles. The van der Waals surface area contributed by atoms with E-state index in [-0.39, 0.29) is 5.56 Å². The molecular weight excluding hydrogens is 234 g/mol. The summed E-state index contributed by atoms with van der Waals surface area (Å²) < 4.78 is 0. The molecule has 2 rings (SSSR count). The number of carboxylic acid groups (broad SMARTS) is 1. The van der Waals surface area contributed by atoms with Gasteiger partial charge in [0.25, 0.3) is 0 Å². The molecule has 2 aromatic rings. The molecule has 3 nitrogen and oxygen atoms in total. The molecule has 1 heterocycles. The largest absolute Gasteiger partial charge is 0.478 e. The highest BCUT2D eigenvalue weighted by Crippen LogP contribution is 2.28. The van der Waals surface area contributed by atoms with Crippen LogP contribution in [0.3, 0.4) is 0 Å². The van der Waals surface area contributed by atoms with E-state index in [1.165, 1.54) is 18.0 Å². The van der Waals surface area contributed by atoms with Gasteiger partial charge >= 0.3 is 5.97 Å². The number of carboxylic acids is 1. The summed E-state index contributed by atoms with van der Waals surface area (Å²) in [4.78, 5) is 16.0. The van der Waals surface area contributed by atoms with E-state index in [9.17, 15) is 4.79 Å². The first-order valence-corrected chi connectivity index (χ1v) is 5.91. The SMILES string of the molecule is Cc1cc(C(=O)O)cnc1Sc1ccccc1. The van der Waals surface area contributed by atoms with E-state index in [2.05, 4.69) is 4.98 Å². The standard InChI is InChI=1S/C13H11NO2S/c1-9-7-10(13(15)16)8-14-12(9)17-11-5-3-2-4-6-11/h2-8H,1H3,(H,15,16). The number of aryl methyl sites for hydroxylation is 1. The Balaban J connectivity index is 2.26. The van der Waals surface area contributed by atoms with Gasteiger partial charge in [0.2, 0.25) is 0 Å². The fourth-order valence-corrected chi connectivity index (χ4v) is 2.23. The van der Waals surface area contributed by atoms with Crippen molar-refractivity contribution in [1.29, 1.82) is 0 Å². The van der Waals surface area contributed by atoms with Crippen molar-refractivity contribution in [3.63, 3.8) is 0 Å². The first-order valence-electron chi connectivity index (χ1n) is 5.09. The van der Waals surface area contributed by atoms with Crippen molar-refractivity contribution in [3.8, 4) is 0 Å². The molecular formula is C13H11NO2S. The van der Waals surface area contributed by atoms with E-state index in [0.717, 1.165) is 15.5 Å². The molecule has 0 bridgehead atoms. The van der Waals surface area contributed by atoms with Gasteiger partial charge in [-0.15, -0.1) is 0 Å². The molecule has 0 spiro atoms. The topological polar surface area (TPSA) is 50.2 Å². The van der Waals surface area contributed by atoms with Crippen LogP contribution in [0.15, 0.2) is 52.5 Å². The fourth-order valence-electron chi connectivity index (χ4n) is 1.39. The summed E-state index contributed by atoms with van der Waals surface area (Å²) in [5.41, 5.74) is 1.10. The van der Waals surface area contributed by atoms with E-state index in [4.69, 9.17) is 5.11 Å². The molecule has 0 aliphatic rings. The molecule has 1 N–H and O–H groups in total. The molecule has 1 aromatic carbocycles. The lowest BCUT2D eigenvalue weighted by atomic mass is 10.2. The van der Waals surface area contributed by atoms with Crippen LogP contribution in [0.5, 0.6) is 0 Å². The number of nitrogens with zero attached hydrogens (tertiary/aromatic N) is 1. The van der Waals surface area contributed by atoms with Crippen LogP contribution in [0.2, 0.25) is 0 Å². The summed E-state index contributed by atoms with van der Waals surface area (Å²) in [6, 6.07) is 11.5. The maximum absolute atomic E-state index is 10.8. The number of carbonyl (C=O) groups is 1. The Morgan fingerprint density at radius 3 is 2.59 bits per heavy atom.